The zero-order valence-electron chi connectivity index (χ0n) is 22.0. The van der Waals surface area contributed by atoms with Gasteiger partial charge in [-0.1, -0.05) is 97.1 Å². The van der Waals surface area contributed by atoms with Crippen LogP contribution in [0, 0.1) is 0 Å². The van der Waals surface area contributed by atoms with Gasteiger partial charge in [-0.2, -0.15) is 0 Å². The van der Waals surface area contributed by atoms with Crippen molar-refractivity contribution in [2.45, 2.75) is 0 Å². The Kier molecular flexibility index (Phi) is 6.23. The third kappa shape index (κ3) is 4.39. The molecule has 0 unspecified atom stereocenters. The molecular formula is C36H26N2OS. The second kappa shape index (κ2) is 10.3. The predicted molar refractivity (Wildman–Crippen MR) is 169 cm³/mol. The number of aromatic nitrogens is 1. The highest BCUT2D eigenvalue weighted by atomic mass is 32.1. The van der Waals surface area contributed by atoms with Gasteiger partial charge < -0.3 is 9.64 Å². The van der Waals surface area contributed by atoms with Crippen LogP contribution in [-0.4, -0.2) is 12.1 Å². The van der Waals surface area contributed by atoms with Gasteiger partial charge in [-0.15, -0.1) is 11.3 Å². The molecule has 40 heavy (non-hydrogen) atoms. The van der Waals surface area contributed by atoms with Crippen LogP contribution >= 0.6 is 11.3 Å². The van der Waals surface area contributed by atoms with E-state index in [2.05, 4.69) is 126 Å². The van der Waals surface area contributed by atoms with Crippen molar-refractivity contribution in [3.05, 3.63) is 140 Å². The maximum Gasteiger partial charge on any atom is 0.124 e. The molecule has 192 valence electrons. The van der Waals surface area contributed by atoms with E-state index >= 15 is 0 Å². The average Bonchev–Trinajstić information content (AvgIpc) is 3.46. The number of benzene rings is 6. The van der Waals surface area contributed by atoms with Gasteiger partial charge in [0.05, 0.1) is 23.0 Å². The summed E-state index contributed by atoms with van der Waals surface area (Å²) in [6, 6.07) is 48.9. The molecule has 0 aliphatic rings. The first-order valence-corrected chi connectivity index (χ1v) is 14.1. The highest BCUT2D eigenvalue weighted by Crippen LogP contribution is 2.44. The van der Waals surface area contributed by atoms with E-state index in [4.69, 9.17) is 9.72 Å². The van der Waals surface area contributed by atoms with Crippen LogP contribution in [0.4, 0.5) is 17.1 Å². The van der Waals surface area contributed by atoms with E-state index < -0.39 is 0 Å². The Morgan fingerprint density at radius 3 is 2.10 bits per heavy atom. The third-order valence-corrected chi connectivity index (χ3v) is 8.33. The van der Waals surface area contributed by atoms with Gasteiger partial charge in [0.25, 0.3) is 0 Å². The molecule has 0 aliphatic heterocycles. The summed E-state index contributed by atoms with van der Waals surface area (Å²) in [4.78, 5) is 7.51. The van der Waals surface area contributed by atoms with Crippen LogP contribution in [0.5, 0.6) is 5.75 Å². The highest BCUT2D eigenvalue weighted by Gasteiger charge is 2.20. The molecule has 1 heterocycles. The van der Waals surface area contributed by atoms with Gasteiger partial charge in [-0.3, -0.25) is 0 Å². The number of hydrogen-bond donors (Lipinski definition) is 0. The Labute approximate surface area is 237 Å². The summed E-state index contributed by atoms with van der Waals surface area (Å²) < 4.78 is 6.62. The lowest BCUT2D eigenvalue weighted by Gasteiger charge is -2.27. The fraction of sp³-hybridized carbons (Fsp3) is 0.0278. The van der Waals surface area contributed by atoms with Crippen molar-refractivity contribution in [2.24, 2.45) is 0 Å². The minimum atomic E-state index is 0.840. The lowest BCUT2D eigenvalue weighted by Crippen LogP contribution is -2.10. The molecule has 0 aliphatic carbocycles. The van der Waals surface area contributed by atoms with Gasteiger partial charge in [0.2, 0.25) is 0 Å². The summed E-state index contributed by atoms with van der Waals surface area (Å²) in [6.45, 7) is 0. The standard InChI is InChI=1S/C36H26N2OS/c1-39-30-21-19-26(20-22-30)32-23-29(24-33-35(32)40-36(37-33)27-12-4-2-5-13-27)38(28-15-6-3-7-16-28)34-18-10-14-25-11-8-9-17-31(25)34/h2-24H,1H3. The molecule has 0 N–H and O–H groups in total. The molecular weight excluding hydrogens is 508 g/mol. The third-order valence-electron chi connectivity index (χ3n) is 7.18. The lowest BCUT2D eigenvalue weighted by atomic mass is 10.0. The molecule has 7 aromatic rings. The van der Waals surface area contributed by atoms with Crippen LogP contribution in [0.3, 0.4) is 0 Å². The van der Waals surface area contributed by atoms with Gasteiger partial charge in [0, 0.05) is 27.9 Å². The number of thiazole rings is 1. The van der Waals surface area contributed by atoms with Crippen LogP contribution in [0.2, 0.25) is 0 Å². The van der Waals surface area contributed by atoms with Crippen molar-refractivity contribution in [1.82, 2.24) is 4.98 Å². The molecule has 0 radical (unpaired) electrons. The zero-order chi connectivity index (χ0) is 26.9. The molecule has 1 aromatic heterocycles. The van der Waals surface area contributed by atoms with Crippen molar-refractivity contribution in [3.63, 3.8) is 0 Å². The van der Waals surface area contributed by atoms with Crippen molar-refractivity contribution in [1.29, 1.82) is 0 Å². The molecule has 6 aromatic carbocycles. The van der Waals surface area contributed by atoms with Gasteiger partial charge >= 0.3 is 0 Å². The van der Waals surface area contributed by atoms with Crippen LogP contribution in [-0.2, 0) is 0 Å². The Bertz CT molecular complexity index is 1920. The number of ether oxygens (including phenoxy) is 1. The first-order valence-electron chi connectivity index (χ1n) is 13.3. The molecule has 0 bridgehead atoms. The quantitative estimate of drug-likeness (QED) is 0.212. The number of anilines is 3. The minimum absolute atomic E-state index is 0.840. The smallest absolute Gasteiger partial charge is 0.124 e. The van der Waals surface area contributed by atoms with Crippen LogP contribution in [0.15, 0.2) is 140 Å². The summed E-state index contributed by atoms with van der Waals surface area (Å²) >= 11 is 1.74. The molecule has 0 spiro atoms. The molecule has 0 saturated heterocycles. The second-order valence-corrected chi connectivity index (χ2v) is 10.6. The zero-order valence-corrected chi connectivity index (χ0v) is 22.8. The number of methoxy groups -OCH3 is 1. The monoisotopic (exact) mass is 534 g/mol. The number of nitrogens with zero attached hydrogens (tertiary/aromatic N) is 2. The number of fused-ring (bicyclic) bond motifs is 2. The lowest BCUT2D eigenvalue weighted by molar-refractivity contribution is 0.415. The Balaban J connectivity index is 1.51. The molecule has 0 amide bonds. The van der Waals surface area contributed by atoms with Crippen molar-refractivity contribution in [3.8, 4) is 27.4 Å². The average molecular weight is 535 g/mol. The maximum atomic E-state index is 5.46. The number of hydrogen-bond acceptors (Lipinski definition) is 4. The van der Waals surface area contributed by atoms with Crippen LogP contribution < -0.4 is 9.64 Å². The number of para-hydroxylation sites is 1. The molecule has 0 fully saturated rings. The highest BCUT2D eigenvalue weighted by molar-refractivity contribution is 7.22. The maximum absolute atomic E-state index is 5.46. The minimum Gasteiger partial charge on any atom is -0.497 e. The largest absolute Gasteiger partial charge is 0.497 e. The van der Waals surface area contributed by atoms with Crippen LogP contribution in [0.1, 0.15) is 0 Å². The van der Waals surface area contributed by atoms with Crippen molar-refractivity contribution in [2.75, 3.05) is 12.0 Å². The van der Waals surface area contributed by atoms with Gasteiger partial charge in [0.1, 0.15) is 10.8 Å². The fourth-order valence-corrected chi connectivity index (χ4v) is 6.33. The Morgan fingerprint density at radius 1 is 0.625 bits per heavy atom. The molecule has 7 rings (SSSR count). The number of rotatable bonds is 6. The second-order valence-electron chi connectivity index (χ2n) is 9.62. The molecule has 4 heteroatoms. The van der Waals surface area contributed by atoms with E-state index in [1.807, 2.05) is 18.2 Å². The summed E-state index contributed by atoms with van der Waals surface area (Å²) in [7, 11) is 1.70. The van der Waals surface area contributed by atoms with Crippen molar-refractivity contribution >= 4 is 49.4 Å². The topological polar surface area (TPSA) is 25.4 Å². The normalized spacial score (nSPS) is 11.1. The van der Waals surface area contributed by atoms with E-state index in [1.54, 1.807) is 18.4 Å². The Hall–Kier alpha value is -4.93. The molecule has 3 nitrogen and oxygen atoms in total. The Morgan fingerprint density at radius 2 is 1.32 bits per heavy atom. The summed E-state index contributed by atoms with van der Waals surface area (Å²) in [5.74, 6) is 0.840. The van der Waals surface area contributed by atoms with Gasteiger partial charge in [-0.05, 0) is 53.4 Å². The first-order chi connectivity index (χ1) is 19.8. The van der Waals surface area contributed by atoms with Crippen LogP contribution in [0.25, 0.3) is 42.7 Å². The van der Waals surface area contributed by atoms with Crippen molar-refractivity contribution < 1.29 is 4.74 Å². The van der Waals surface area contributed by atoms with Gasteiger partial charge in [-0.25, -0.2) is 4.98 Å². The predicted octanol–water partition coefficient (Wildman–Crippen LogP) is 10.3. The van der Waals surface area contributed by atoms with E-state index in [0.717, 1.165) is 50.0 Å². The van der Waals surface area contributed by atoms with E-state index in [-0.39, 0.29) is 0 Å². The van der Waals surface area contributed by atoms with E-state index in [0.29, 0.717) is 0 Å². The fourth-order valence-electron chi connectivity index (χ4n) is 5.24. The van der Waals surface area contributed by atoms with Gasteiger partial charge in [0.15, 0.2) is 0 Å². The molecule has 0 atom stereocenters. The SMILES string of the molecule is COc1ccc(-c2cc(N(c3ccccc3)c3cccc4ccccc34)cc3nc(-c4ccccc4)sc23)cc1. The summed E-state index contributed by atoms with van der Waals surface area (Å²) in [5, 5.41) is 3.42. The van der Waals surface area contributed by atoms with E-state index in [9.17, 15) is 0 Å². The molecule has 0 saturated carbocycles. The summed E-state index contributed by atoms with van der Waals surface area (Å²) in [5.41, 5.74) is 7.66. The van der Waals surface area contributed by atoms with E-state index in [1.165, 1.54) is 15.5 Å². The first kappa shape index (κ1) is 24.1. The summed E-state index contributed by atoms with van der Waals surface area (Å²) in [6.07, 6.45) is 0.